The van der Waals surface area contributed by atoms with Crippen LogP contribution >= 0.6 is 0 Å². The Bertz CT molecular complexity index is 547. The maximum atomic E-state index is 6.29. The van der Waals surface area contributed by atoms with Crippen LogP contribution in [0.1, 0.15) is 43.3 Å². The van der Waals surface area contributed by atoms with Crippen molar-refractivity contribution < 1.29 is 0 Å². The molecule has 100 valence electrons. The highest BCUT2D eigenvalue weighted by Gasteiger charge is 2.28. The Morgan fingerprint density at radius 3 is 2.58 bits per heavy atom. The largest absolute Gasteiger partial charge is 0.327 e. The number of aryl methyl sites for hydroxylation is 1. The summed E-state index contributed by atoms with van der Waals surface area (Å²) in [6.07, 6.45) is 4.67. The predicted octanol–water partition coefficient (Wildman–Crippen LogP) is 2.56. The number of nitrogens with zero attached hydrogens (tertiary/aromatic N) is 3. The van der Waals surface area contributed by atoms with Gasteiger partial charge in [-0.3, -0.25) is 4.57 Å². The number of benzene rings is 1. The van der Waals surface area contributed by atoms with E-state index in [4.69, 9.17) is 5.73 Å². The monoisotopic (exact) mass is 256 g/mol. The summed E-state index contributed by atoms with van der Waals surface area (Å²) in [6.45, 7) is 2.00. The van der Waals surface area contributed by atoms with Crippen LogP contribution in [-0.2, 0) is 0 Å². The number of hydrogen-bond acceptors (Lipinski definition) is 3. The lowest BCUT2D eigenvalue weighted by atomic mass is 9.84. The number of nitrogens with two attached hydrogens (primary N) is 1. The van der Waals surface area contributed by atoms with Crippen LogP contribution in [0.15, 0.2) is 30.3 Å². The summed E-state index contributed by atoms with van der Waals surface area (Å²) in [5, 5.41) is 8.66. The summed E-state index contributed by atoms with van der Waals surface area (Å²) in [7, 11) is 0. The van der Waals surface area contributed by atoms with E-state index in [1.165, 1.54) is 12.8 Å². The molecule has 0 spiro atoms. The van der Waals surface area contributed by atoms with E-state index in [9.17, 15) is 0 Å². The van der Waals surface area contributed by atoms with Gasteiger partial charge in [-0.2, -0.15) is 0 Å². The molecule has 0 bridgehead atoms. The van der Waals surface area contributed by atoms with E-state index in [0.29, 0.717) is 5.92 Å². The van der Waals surface area contributed by atoms with Crippen molar-refractivity contribution in [3.05, 3.63) is 42.0 Å². The smallest absolute Gasteiger partial charge is 0.142 e. The van der Waals surface area contributed by atoms with Gasteiger partial charge < -0.3 is 5.73 Å². The highest BCUT2D eigenvalue weighted by molar-refractivity contribution is 5.34. The van der Waals surface area contributed by atoms with E-state index in [0.717, 1.165) is 30.2 Å². The Balaban J connectivity index is 2.03. The molecule has 0 radical (unpaired) electrons. The maximum Gasteiger partial charge on any atom is 0.142 e. The minimum Gasteiger partial charge on any atom is -0.327 e. The number of aromatic nitrogens is 3. The third-order valence-corrected chi connectivity index (χ3v) is 4.02. The molecule has 4 heteroatoms. The molecule has 2 unspecified atom stereocenters. The van der Waals surface area contributed by atoms with E-state index in [-0.39, 0.29) is 6.04 Å². The lowest BCUT2D eigenvalue weighted by Gasteiger charge is -2.28. The molecule has 0 aliphatic heterocycles. The Labute approximate surface area is 113 Å². The lowest BCUT2D eigenvalue weighted by Crippen LogP contribution is -2.33. The van der Waals surface area contributed by atoms with E-state index >= 15 is 0 Å². The highest BCUT2D eigenvalue weighted by atomic mass is 15.3. The van der Waals surface area contributed by atoms with Crippen molar-refractivity contribution in [2.24, 2.45) is 5.73 Å². The van der Waals surface area contributed by atoms with Gasteiger partial charge >= 0.3 is 0 Å². The van der Waals surface area contributed by atoms with Crippen molar-refractivity contribution in [2.75, 3.05) is 0 Å². The number of rotatable bonds is 2. The van der Waals surface area contributed by atoms with Crippen molar-refractivity contribution in [1.29, 1.82) is 0 Å². The fourth-order valence-corrected chi connectivity index (χ4v) is 3.00. The van der Waals surface area contributed by atoms with Crippen LogP contribution < -0.4 is 5.73 Å². The van der Waals surface area contributed by atoms with Gasteiger partial charge in [0.05, 0.1) is 0 Å². The van der Waals surface area contributed by atoms with Crippen molar-refractivity contribution in [3.63, 3.8) is 0 Å². The first-order valence-electron chi connectivity index (χ1n) is 7.00. The molecule has 1 aliphatic rings. The Morgan fingerprint density at radius 1 is 1.11 bits per heavy atom. The summed E-state index contributed by atoms with van der Waals surface area (Å²) < 4.78 is 2.15. The van der Waals surface area contributed by atoms with Crippen LogP contribution in [0.2, 0.25) is 0 Å². The second-order valence-corrected chi connectivity index (χ2v) is 5.33. The molecule has 1 aliphatic carbocycles. The van der Waals surface area contributed by atoms with Crippen molar-refractivity contribution in [1.82, 2.24) is 14.8 Å². The van der Waals surface area contributed by atoms with Crippen LogP contribution in [0.5, 0.6) is 0 Å². The molecule has 1 aromatic carbocycles. The average Bonchev–Trinajstić information content (AvgIpc) is 2.82. The predicted molar refractivity (Wildman–Crippen MR) is 75.3 cm³/mol. The highest BCUT2D eigenvalue weighted by Crippen LogP contribution is 2.32. The third kappa shape index (κ3) is 2.28. The van der Waals surface area contributed by atoms with E-state index in [1.54, 1.807) is 0 Å². The topological polar surface area (TPSA) is 56.7 Å². The fraction of sp³-hybridized carbons (Fsp3) is 0.467. The molecule has 1 saturated carbocycles. The van der Waals surface area contributed by atoms with Gasteiger partial charge in [-0.1, -0.05) is 31.0 Å². The first kappa shape index (κ1) is 12.4. The van der Waals surface area contributed by atoms with Crippen molar-refractivity contribution in [3.8, 4) is 5.69 Å². The number of para-hydroxylation sites is 1. The molecular weight excluding hydrogens is 236 g/mol. The summed E-state index contributed by atoms with van der Waals surface area (Å²) in [5.74, 6) is 2.28. The third-order valence-electron chi connectivity index (χ3n) is 4.02. The zero-order chi connectivity index (χ0) is 13.2. The zero-order valence-corrected chi connectivity index (χ0v) is 11.3. The molecule has 0 amide bonds. The van der Waals surface area contributed by atoms with Gasteiger partial charge in [-0.05, 0) is 31.9 Å². The van der Waals surface area contributed by atoms with Crippen LogP contribution in [0.4, 0.5) is 0 Å². The normalized spacial score (nSPS) is 23.5. The fourth-order valence-electron chi connectivity index (χ4n) is 3.00. The molecule has 2 atom stereocenters. The first-order valence-corrected chi connectivity index (χ1v) is 7.00. The summed E-state index contributed by atoms with van der Waals surface area (Å²) in [5.41, 5.74) is 7.41. The minimum atomic E-state index is 0.208. The maximum absolute atomic E-state index is 6.29. The van der Waals surface area contributed by atoms with Gasteiger partial charge in [0.15, 0.2) is 0 Å². The molecule has 0 saturated heterocycles. The molecule has 2 N–H and O–H groups in total. The molecular formula is C15H20N4. The SMILES string of the molecule is Cc1nnc(C2CCCCC2N)n1-c1ccccc1. The van der Waals surface area contributed by atoms with Crippen molar-refractivity contribution >= 4 is 0 Å². The van der Waals surface area contributed by atoms with E-state index in [1.807, 2.05) is 25.1 Å². The molecule has 2 aromatic rings. The standard InChI is InChI=1S/C15H20N4/c1-11-17-18-15(13-9-5-6-10-14(13)16)19(11)12-7-3-2-4-8-12/h2-4,7-8,13-14H,5-6,9-10,16H2,1H3. The van der Waals surface area contributed by atoms with E-state index < -0.39 is 0 Å². The quantitative estimate of drug-likeness (QED) is 0.898. The van der Waals surface area contributed by atoms with Crippen LogP contribution in [0.3, 0.4) is 0 Å². The zero-order valence-electron chi connectivity index (χ0n) is 11.3. The molecule has 1 aromatic heterocycles. The average molecular weight is 256 g/mol. The van der Waals surface area contributed by atoms with Crippen LogP contribution in [0, 0.1) is 6.92 Å². The van der Waals surface area contributed by atoms with Crippen LogP contribution in [-0.4, -0.2) is 20.8 Å². The molecule has 1 heterocycles. The van der Waals surface area contributed by atoms with Crippen molar-refractivity contribution in [2.45, 2.75) is 44.6 Å². The summed E-state index contributed by atoms with van der Waals surface area (Å²) in [6, 6.07) is 10.5. The van der Waals surface area contributed by atoms with Gasteiger partial charge in [-0.25, -0.2) is 0 Å². The molecule has 19 heavy (non-hydrogen) atoms. The summed E-state index contributed by atoms with van der Waals surface area (Å²) in [4.78, 5) is 0. The van der Waals surface area contributed by atoms with Gasteiger partial charge in [0.2, 0.25) is 0 Å². The van der Waals surface area contributed by atoms with Gasteiger partial charge in [0, 0.05) is 17.6 Å². The van der Waals surface area contributed by atoms with Gasteiger partial charge in [0.1, 0.15) is 11.6 Å². The van der Waals surface area contributed by atoms with Gasteiger partial charge in [0.25, 0.3) is 0 Å². The van der Waals surface area contributed by atoms with Gasteiger partial charge in [-0.15, -0.1) is 10.2 Å². The summed E-state index contributed by atoms with van der Waals surface area (Å²) >= 11 is 0. The molecule has 4 nitrogen and oxygen atoms in total. The second-order valence-electron chi connectivity index (χ2n) is 5.33. The Morgan fingerprint density at radius 2 is 1.84 bits per heavy atom. The van der Waals surface area contributed by atoms with Crippen LogP contribution in [0.25, 0.3) is 5.69 Å². The molecule has 1 fully saturated rings. The second kappa shape index (κ2) is 5.13. The Kier molecular flexibility index (Phi) is 3.34. The minimum absolute atomic E-state index is 0.208. The lowest BCUT2D eigenvalue weighted by molar-refractivity contribution is 0.369. The molecule has 3 rings (SSSR count). The Hall–Kier alpha value is -1.68. The van der Waals surface area contributed by atoms with E-state index in [2.05, 4.69) is 26.9 Å². The first-order chi connectivity index (χ1) is 9.27. The number of hydrogen-bond donors (Lipinski definition) is 1.